The number of unbranched alkanes of at least 4 members (excludes halogenated alkanes) is 2. The molecule has 104 valence electrons. The summed E-state index contributed by atoms with van der Waals surface area (Å²) in [6.45, 7) is 4.07. The molecular formula is C14H20N2O3. The van der Waals surface area contributed by atoms with Gasteiger partial charge in [-0.3, -0.25) is 4.79 Å². The van der Waals surface area contributed by atoms with Gasteiger partial charge >= 0.3 is 5.97 Å². The van der Waals surface area contributed by atoms with Crippen LogP contribution in [-0.2, 0) is 0 Å². The highest BCUT2D eigenvalue weighted by Gasteiger charge is 2.13. The molecule has 1 rings (SSSR count). The molecule has 1 amide bonds. The van der Waals surface area contributed by atoms with Crippen molar-refractivity contribution in [1.29, 1.82) is 0 Å². The Morgan fingerprint density at radius 3 is 2.63 bits per heavy atom. The molecule has 19 heavy (non-hydrogen) atoms. The highest BCUT2D eigenvalue weighted by Crippen LogP contribution is 2.05. The van der Waals surface area contributed by atoms with E-state index in [0.29, 0.717) is 0 Å². The second kappa shape index (κ2) is 7.51. The molecule has 0 aliphatic rings. The average Bonchev–Trinajstić information content (AvgIpc) is 2.39. The molecule has 1 aromatic heterocycles. The summed E-state index contributed by atoms with van der Waals surface area (Å²) < 4.78 is 0. The molecule has 0 radical (unpaired) electrons. The lowest BCUT2D eigenvalue weighted by Gasteiger charge is -2.13. The Kier molecular flexibility index (Phi) is 5.99. The summed E-state index contributed by atoms with van der Waals surface area (Å²) in [7, 11) is 0. The Labute approximate surface area is 113 Å². The maximum absolute atomic E-state index is 11.9. The molecule has 5 nitrogen and oxygen atoms in total. The summed E-state index contributed by atoms with van der Waals surface area (Å²) in [4.78, 5) is 26.5. The van der Waals surface area contributed by atoms with E-state index in [9.17, 15) is 9.59 Å². The monoisotopic (exact) mass is 264 g/mol. The first kappa shape index (κ1) is 15.1. The van der Waals surface area contributed by atoms with Gasteiger partial charge in [-0.25, -0.2) is 9.78 Å². The molecule has 1 unspecified atom stereocenters. The van der Waals surface area contributed by atoms with Gasteiger partial charge in [0.2, 0.25) is 0 Å². The first-order valence-electron chi connectivity index (χ1n) is 6.55. The Morgan fingerprint density at radius 2 is 2.00 bits per heavy atom. The van der Waals surface area contributed by atoms with Gasteiger partial charge in [-0.15, -0.1) is 0 Å². The fraction of sp³-hybridized carbons (Fsp3) is 0.500. The number of nitrogens with one attached hydrogen (secondary N) is 1. The largest absolute Gasteiger partial charge is 0.477 e. The number of hydrogen-bond acceptors (Lipinski definition) is 3. The van der Waals surface area contributed by atoms with Crippen molar-refractivity contribution in [1.82, 2.24) is 10.3 Å². The van der Waals surface area contributed by atoms with Crippen LogP contribution in [0.2, 0.25) is 0 Å². The van der Waals surface area contributed by atoms with Crippen LogP contribution in [0.1, 0.15) is 60.5 Å². The van der Waals surface area contributed by atoms with Crippen LogP contribution in [-0.4, -0.2) is 28.0 Å². The van der Waals surface area contributed by atoms with E-state index in [1.165, 1.54) is 18.2 Å². The molecule has 0 bridgehead atoms. The van der Waals surface area contributed by atoms with Crippen molar-refractivity contribution in [3.63, 3.8) is 0 Å². The zero-order chi connectivity index (χ0) is 14.3. The molecule has 0 saturated heterocycles. The number of nitrogens with zero attached hydrogens (tertiary/aromatic N) is 1. The van der Waals surface area contributed by atoms with Gasteiger partial charge in [0.05, 0.1) is 0 Å². The number of hydrogen-bond donors (Lipinski definition) is 2. The molecule has 0 aliphatic heterocycles. The van der Waals surface area contributed by atoms with E-state index in [4.69, 9.17) is 5.11 Å². The summed E-state index contributed by atoms with van der Waals surface area (Å²) in [5.74, 6) is -1.46. The number of carboxylic acids is 1. The standard InChI is InChI=1S/C14H20N2O3/c1-3-4-5-7-10(2)15-13(17)11-8-6-9-12(16-11)14(18)19/h6,8-10H,3-5,7H2,1-2H3,(H,15,17)(H,18,19). The summed E-state index contributed by atoms with van der Waals surface area (Å²) >= 11 is 0. The Balaban J connectivity index is 2.57. The van der Waals surface area contributed by atoms with Crippen molar-refractivity contribution in [3.05, 3.63) is 29.6 Å². The van der Waals surface area contributed by atoms with Crippen LogP contribution in [0, 0.1) is 0 Å². The molecule has 0 aliphatic carbocycles. The van der Waals surface area contributed by atoms with Gasteiger partial charge in [0.15, 0.2) is 0 Å². The van der Waals surface area contributed by atoms with Crippen LogP contribution in [0.3, 0.4) is 0 Å². The summed E-state index contributed by atoms with van der Waals surface area (Å²) in [6.07, 6.45) is 4.27. The van der Waals surface area contributed by atoms with E-state index in [-0.39, 0.29) is 23.3 Å². The van der Waals surface area contributed by atoms with Crippen molar-refractivity contribution >= 4 is 11.9 Å². The molecule has 1 aromatic rings. The zero-order valence-electron chi connectivity index (χ0n) is 11.3. The first-order valence-corrected chi connectivity index (χ1v) is 6.55. The number of rotatable bonds is 7. The molecule has 2 N–H and O–H groups in total. The summed E-state index contributed by atoms with van der Waals surface area (Å²) in [5, 5.41) is 11.6. The number of pyridine rings is 1. The zero-order valence-corrected chi connectivity index (χ0v) is 11.3. The maximum atomic E-state index is 11.9. The second-order valence-corrected chi connectivity index (χ2v) is 4.58. The lowest BCUT2D eigenvalue weighted by Crippen LogP contribution is -2.33. The Hall–Kier alpha value is -1.91. The van der Waals surface area contributed by atoms with Gasteiger partial charge < -0.3 is 10.4 Å². The van der Waals surface area contributed by atoms with Crippen LogP contribution in [0.25, 0.3) is 0 Å². The molecular weight excluding hydrogens is 244 g/mol. The normalized spacial score (nSPS) is 11.9. The first-order chi connectivity index (χ1) is 9.04. The van der Waals surface area contributed by atoms with E-state index in [2.05, 4.69) is 17.2 Å². The molecule has 5 heteroatoms. The predicted molar refractivity (Wildman–Crippen MR) is 72.3 cm³/mol. The third-order valence-electron chi connectivity index (χ3n) is 2.82. The van der Waals surface area contributed by atoms with Crippen molar-refractivity contribution < 1.29 is 14.7 Å². The van der Waals surface area contributed by atoms with Gasteiger partial charge in [0, 0.05) is 6.04 Å². The third kappa shape index (κ3) is 5.07. The Bertz CT molecular complexity index is 446. The van der Waals surface area contributed by atoms with Gasteiger partial charge in [0.1, 0.15) is 11.4 Å². The van der Waals surface area contributed by atoms with E-state index in [1.54, 1.807) is 0 Å². The minimum absolute atomic E-state index is 0.0642. The topological polar surface area (TPSA) is 79.3 Å². The summed E-state index contributed by atoms with van der Waals surface area (Å²) in [5.41, 5.74) is 0.0218. The minimum Gasteiger partial charge on any atom is -0.477 e. The molecule has 0 saturated carbocycles. The molecule has 0 aromatic carbocycles. The number of amides is 1. The number of carbonyl (C=O) groups is 2. The van der Waals surface area contributed by atoms with Crippen LogP contribution < -0.4 is 5.32 Å². The van der Waals surface area contributed by atoms with E-state index < -0.39 is 5.97 Å². The highest BCUT2D eigenvalue weighted by molar-refractivity contribution is 5.94. The SMILES string of the molecule is CCCCCC(C)NC(=O)c1cccc(C(=O)O)n1. The molecule has 0 fully saturated rings. The number of aromatic carboxylic acids is 1. The number of aromatic nitrogens is 1. The van der Waals surface area contributed by atoms with Crippen LogP contribution in [0.5, 0.6) is 0 Å². The maximum Gasteiger partial charge on any atom is 0.354 e. The molecule has 1 heterocycles. The van der Waals surface area contributed by atoms with Crippen LogP contribution >= 0.6 is 0 Å². The second-order valence-electron chi connectivity index (χ2n) is 4.58. The van der Waals surface area contributed by atoms with Crippen molar-refractivity contribution in [2.24, 2.45) is 0 Å². The third-order valence-corrected chi connectivity index (χ3v) is 2.82. The molecule has 1 atom stereocenters. The van der Waals surface area contributed by atoms with Crippen molar-refractivity contribution in [3.8, 4) is 0 Å². The van der Waals surface area contributed by atoms with Crippen LogP contribution in [0.4, 0.5) is 0 Å². The van der Waals surface area contributed by atoms with E-state index in [1.807, 2.05) is 6.92 Å². The minimum atomic E-state index is -1.13. The highest BCUT2D eigenvalue weighted by atomic mass is 16.4. The lowest BCUT2D eigenvalue weighted by atomic mass is 10.1. The number of carboxylic acid groups (broad SMARTS) is 1. The lowest BCUT2D eigenvalue weighted by molar-refractivity contribution is 0.0690. The van der Waals surface area contributed by atoms with Gasteiger partial charge in [-0.05, 0) is 25.5 Å². The fourth-order valence-electron chi connectivity index (χ4n) is 1.75. The van der Waals surface area contributed by atoms with Gasteiger partial charge in [0.25, 0.3) is 5.91 Å². The predicted octanol–water partition coefficient (Wildman–Crippen LogP) is 2.48. The smallest absolute Gasteiger partial charge is 0.354 e. The van der Waals surface area contributed by atoms with Gasteiger partial charge in [-0.2, -0.15) is 0 Å². The van der Waals surface area contributed by atoms with Gasteiger partial charge in [-0.1, -0.05) is 32.3 Å². The van der Waals surface area contributed by atoms with E-state index in [0.717, 1.165) is 25.7 Å². The van der Waals surface area contributed by atoms with Crippen LogP contribution in [0.15, 0.2) is 18.2 Å². The summed E-state index contributed by atoms with van der Waals surface area (Å²) in [6, 6.07) is 4.46. The fourth-order valence-corrected chi connectivity index (χ4v) is 1.75. The quantitative estimate of drug-likeness (QED) is 0.741. The molecule has 0 spiro atoms. The number of carbonyl (C=O) groups excluding carboxylic acids is 1. The van der Waals surface area contributed by atoms with Crippen molar-refractivity contribution in [2.75, 3.05) is 0 Å². The van der Waals surface area contributed by atoms with E-state index >= 15 is 0 Å². The Morgan fingerprint density at radius 1 is 1.32 bits per heavy atom. The van der Waals surface area contributed by atoms with Crippen molar-refractivity contribution in [2.45, 2.75) is 45.6 Å². The average molecular weight is 264 g/mol.